The average Bonchev–Trinajstić information content (AvgIpc) is 2.97. The molecule has 4 fully saturated rings. The molecule has 3 unspecified atom stereocenters. The minimum atomic E-state index is -0.0760. The molecule has 0 spiro atoms. The molecule has 28 heavy (non-hydrogen) atoms. The van der Waals surface area contributed by atoms with E-state index in [9.17, 15) is 5.11 Å². The number of rotatable bonds is 5. The summed E-state index contributed by atoms with van der Waals surface area (Å²) in [7, 11) is 6.70. The highest BCUT2D eigenvalue weighted by Gasteiger charge is 2.62. The molecule has 0 radical (unpaired) electrons. The summed E-state index contributed by atoms with van der Waals surface area (Å²) in [6, 6.07) is 0.659. The third-order valence-corrected chi connectivity index (χ3v) is 10.1. The molecule has 0 amide bonds. The van der Waals surface area contributed by atoms with Crippen molar-refractivity contribution in [3.05, 3.63) is 0 Å². The van der Waals surface area contributed by atoms with E-state index in [0.29, 0.717) is 22.8 Å². The average molecular weight is 391 g/mol. The quantitative estimate of drug-likeness (QED) is 0.741. The number of aliphatic hydroxyl groups is 1. The van der Waals surface area contributed by atoms with Crippen LogP contribution in [0.25, 0.3) is 0 Å². The van der Waals surface area contributed by atoms with Gasteiger partial charge < -0.3 is 14.9 Å². The van der Waals surface area contributed by atoms with Crippen LogP contribution in [0.1, 0.15) is 78.1 Å². The van der Waals surface area contributed by atoms with E-state index >= 15 is 0 Å². The Kier molecular flexibility index (Phi) is 5.92. The van der Waals surface area contributed by atoms with Crippen molar-refractivity contribution in [1.29, 1.82) is 0 Å². The SMILES string of the molecule is CN(C)CCCN(C)C1CC[C@H]2[C@@H]3CCC4CCCC[C@]4(C)[C@@H]3C(O)C[C@]12C. The molecule has 8 atom stereocenters. The van der Waals surface area contributed by atoms with E-state index < -0.39 is 0 Å². The van der Waals surface area contributed by atoms with Crippen molar-refractivity contribution in [2.24, 2.45) is 34.5 Å². The van der Waals surface area contributed by atoms with Crippen LogP contribution in [0.3, 0.4) is 0 Å². The predicted octanol–water partition coefficient (Wildman–Crippen LogP) is 4.64. The van der Waals surface area contributed by atoms with E-state index in [1.165, 1.54) is 70.9 Å². The maximum atomic E-state index is 11.5. The van der Waals surface area contributed by atoms with Crippen molar-refractivity contribution in [1.82, 2.24) is 9.80 Å². The molecule has 0 aromatic rings. The lowest BCUT2D eigenvalue weighted by molar-refractivity contribution is -0.170. The standard InChI is InChI=1S/C25H46N2O/c1-24-14-7-6-9-18(24)10-11-19-20-12-13-22(27(5)16-8-15-26(3)4)25(20,2)17-21(28)23(19)24/h18-23,28H,6-17H2,1-5H3/t18?,19-,20-,21?,22?,23-,24-,25-/m0/s1. The van der Waals surface area contributed by atoms with E-state index in [1.54, 1.807) is 0 Å². The van der Waals surface area contributed by atoms with Crippen molar-refractivity contribution >= 4 is 0 Å². The summed E-state index contributed by atoms with van der Waals surface area (Å²) in [5.74, 6) is 3.06. The van der Waals surface area contributed by atoms with Crippen molar-refractivity contribution < 1.29 is 5.11 Å². The fraction of sp³-hybridized carbons (Fsp3) is 1.00. The first-order valence-corrected chi connectivity index (χ1v) is 12.3. The first-order valence-electron chi connectivity index (χ1n) is 12.3. The van der Waals surface area contributed by atoms with E-state index in [0.717, 1.165) is 24.2 Å². The minimum Gasteiger partial charge on any atom is -0.393 e. The molecule has 3 nitrogen and oxygen atoms in total. The molecule has 0 aromatic heterocycles. The summed E-state index contributed by atoms with van der Waals surface area (Å²) in [4.78, 5) is 4.95. The Morgan fingerprint density at radius 3 is 2.43 bits per heavy atom. The zero-order valence-corrected chi connectivity index (χ0v) is 19.3. The summed E-state index contributed by atoms with van der Waals surface area (Å²) in [6.07, 6.45) is 13.4. The van der Waals surface area contributed by atoms with Gasteiger partial charge in [-0.05, 0) is 120 Å². The maximum Gasteiger partial charge on any atom is 0.0582 e. The molecule has 0 saturated heterocycles. The summed E-state index contributed by atoms with van der Waals surface area (Å²) in [5, 5.41) is 11.5. The number of nitrogens with zero attached hydrogens (tertiary/aromatic N) is 2. The minimum absolute atomic E-state index is 0.0760. The summed E-state index contributed by atoms with van der Waals surface area (Å²) < 4.78 is 0. The monoisotopic (exact) mass is 390 g/mol. The van der Waals surface area contributed by atoms with Gasteiger partial charge in [-0.15, -0.1) is 0 Å². The first-order chi connectivity index (χ1) is 13.3. The molecule has 0 aromatic carbocycles. The van der Waals surface area contributed by atoms with Gasteiger partial charge in [0.2, 0.25) is 0 Å². The molecular formula is C25H46N2O. The largest absolute Gasteiger partial charge is 0.393 e. The number of hydrogen-bond acceptors (Lipinski definition) is 3. The molecular weight excluding hydrogens is 344 g/mol. The highest BCUT2D eigenvalue weighted by atomic mass is 16.3. The second-order valence-corrected chi connectivity index (χ2v) is 11.8. The Bertz CT molecular complexity index is 551. The van der Waals surface area contributed by atoms with Crippen LogP contribution < -0.4 is 0 Å². The van der Waals surface area contributed by atoms with Gasteiger partial charge in [0.25, 0.3) is 0 Å². The Labute approximate surface area is 174 Å². The number of aliphatic hydroxyl groups excluding tert-OH is 1. The van der Waals surface area contributed by atoms with Gasteiger partial charge in [-0.2, -0.15) is 0 Å². The lowest BCUT2D eigenvalue weighted by atomic mass is 9.44. The molecule has 0 aliphatic heterocycles. The first kappa shape index (κ1) is 21.1. The Hall–Kier alpha value is -0.120. The van der Waals surface area contributed by atoms with Gasteiger partial charge in [-0.3, -0.25) is 0 Å². The van der Waals surface area contributed by atoms with Gasteiger partial charge in [-0.1, -0.05) is 26.7 Å². The van der Waals surface area contributed by atoms with E-state index in [4.69, 9.17) is 0 Å². The Morgan fingerprint density at radius 2 is 1.68 bits per heavy atom. The van der Waals surface area contributed by atoms with Gasteiger partial charge >= 0.3 is 0 Å². The van der Waals surface area contributed by atoms with Gasteiger partial charge in [0, 0.05) is 6.04 Å². The fourth-order valence-electron chi connectivity index (χ4n) is 8.91. The molecule has 1 N–H and O–H groups in total. The highest BCUT2D eigenvalue weighted by Crippen LogP contribution is 2.66. The molecule has 4 rings (SSSR count). The van der Waals surface area contributed by atoms with Crippen molar-refractivity contribution in [2.45, 2.75) is 90.2 Å². The summed E-state index contributed by atoms with van der Waals surface area (Å²) in [6.45, 7) is 7.48. The van der Waals surface area contributed by atoms with Crippen molar-refractivity contribution in [3.8, 4) is 0 Å². The number of hydrogen-bond donors (Lipinski definition) is 1. The van der Waals surface area contributed by atoms with E-state index in [2.05, 4.69) is 44.8 Å². The zero-order chi connectivity index (χ0) is 20.1. The molecule has 3 heteroatoms. The number of fused-ring (bicyclic) bond motifs is 5. The summed E-state index contributed by atoms with van der Waals surface area (Å²) >= 11 is 0. The van der Waals surface area contributed by atoms with Gasteiger partial charge in [-0.25, -0.2) is 0 Å². The van der Waals surface area contributed by atoms with Crippen LogP contribution >= 0.6 is 0 Å². The third kappa shape index (κ3) is 3.38. The Balaban J connectivity index is 1.51. The molecule has 0 heterocycles. The molecule has 0 bridgehead atoms. The second-order valence-electron chi connectivity index (χ2n) is 11.8. The van der Waals surface area contributed by atoms with Crippen LogP contribution in [0.15, 0.2) is 0 Å². The maximum absolute atomic E-state index is 11.5. The summed E-state index contributed by atoms with van der Waals surface area (Å²) in [5.41, 5.74) is 0.725. The van der Waals surface area contributed by atoms with E-state index in [-0.39, 0.29) is 6.10 Å². The normalized spacial score (nSPS) is 48.4. The smallest absolute Gasteiger partial charge is 0.0582 e. The highest BCUT2D eigenvalue weighted by molar-refractivity contribution is 5.13. The van der Waals surface area contributed by atoms with Gasteiger partial charge in [0.15, 0.2) is 0 Å². The zero-order valence-electron chi connectivity index (χ0n) is 19.3. The van der Waals surface area contributed by atoms with Crippen LogP contribution in [0, 0.1) is 34.5 Å². The second kappa shape index (κ2) is 7.85. The lowest BCUT2D eigenvalue weighted by Gasteiger charge is -2.62. The molecule has 4 aliphatic carbocycles. The fourth-order valence-corrected chi connectivity index (χ4v) is 8.91. The van der Waals surface area contributed by atoms with Crippen LogP contribution in [0.4, 0.5) is 0 Å². The van der Waals surface area contributed by atoms with E-state index in [1.807, 2.05) is 0 Å². The molecule has 162 valence electrons. The van der Waals surface area contributed by atoms with Gasteiger partial charge in [0.05, 0.1) is 6.10 Å². The van der Waals surface area contributed by atoms with Crippen LogP contribution in [0.5, 0.6) is 0 Å². The van der Waals surface area contributed by atoms with Crippen LogP contribution in [-0.4, -0.2) is 61.3 Å². The molecule has 4 saturated carbocycles. The van der Waals surface area contributed by atoms with Gasteiger partial charge in [0.1, 0.15) is 0 Å². The van der Waals surface area contributed by atoms with Crippen molar-refractivity contribution in [2.75, 3.05) is 34.2 Å². The van der Waals surface area contributed by atoms with Crippen LogP contribution in [0.2, 0.25) is 0 Å². The molecule has 4 aliphatic rings. The lowest BCUT2D eigenvalue weighted by Crippen LogP contribution is -2.60. The third-order valence-electron chi connectivity index (χ3n) is 10.1. The van der Waals surface area contributed by atoms with Crippen LogP contribution in [-0.2, 0) is 0 Å². The predicted molar refractivity (Wildman–Crippen MR) is 117 cm³/mol. The Morgan fingerprint density at radius 1 is 0.893 bits per heavy atom. The van der Waals surface area contributed by atoms with Crippen molar-refractivity contribution in [3.63, 3.8) is 0 Å². The topological polar surface area (TPSA) is 26.7 Å².